The molecule has 1 saturated heterocycles. The van der Waals surface area contributed by atoms with E-state index in [-0.39, 0.29) is 16.7 Å². The minimum Gasteiger partial charge on any atom is -0.383 e. The third-order valence-corrected chi connectivity index (χ3v) is 6.97. The van der Waals surface area contributed by atoms with E-state index in [9.17, 15) is 18.0 Å². The molecular weight excluding hydrogens is 430 g/mol. The van der Waals surface area contributed by atoms with Crippen LogP contribution < -0.4 is 10.0 Å². The van der Waals surface area contributed by atoms with Crippen LogP contribution in [0.3, 0.4) is 0 Å². The molecule has 1 fully saturated rings. The molecule has 8 nitrogen and oxygen atoms in total. The standard InChI is InChI=1S/C23H29N3O5S/c1-16-6-11-20(15-17(16)2)32(29,30)25-19-9-7-18(8-10-19)23(28)26-13-4-5-21(26)22(27)24-12-14-31-3/h6-11,15,21,25H,4-5,12-14H2,1-3H3,(H,24,27)/t21-/m1/s1. The highest BCUT2D eigenvalue weighted by atomic mass is 32.2. The number of hydrogen-bond donors (Lipinski definition) is 2. The predicted octanol–water partition coefficient (Wildman–Crippen LogP) is 2.47. The lowest BCUT2D eigenvalue weighted by atomic mass is 10.1. The molecule has 1 heterocycles. The van der Waals surface area contributed by atoms with Gasteiger partial charge < -0.3 is 15.0 Å². The average Bonchev–Trinajstić information content (AvgIpc) is 3.25. The number of aryl methyl sites for hydroxylation is 2. The second-order valence-electron chi connectivity index (χ2n) is 7.87. The molecule has 32 heavy (non-hydrogen) atoms. The van der Waals surface area contributed by atoms with Crippen LogP contribution in [0.2, 0.25) is 0 Å². The smallest absolute Gasteiger partial charge is 0.261 e. The van der Waals surface area contributed by atoms with E-state index < -0.39 is 16.1 Å². The van der Waals surface area contributed by atoms with E-state index in [2.05, 4.69) is 10.0 Å². The number of carbonyl (C=O) groups excluding carboxylic acids is 2. The molecule has 1 aliphatic rings. The number of hydrogen-bond acceptors (Lipinski definition) is 5. The molecule has 0 saturated carbocycles. The maximum Gasteiger partial charge on any atom is 0.261 e. The Balaban J connectivity index is 1.68. The van der Waals surface area contributed by atoms with Crippen molar-refractivity contribution in [3.8, 4) is 0 Å². The van der Waals surface area contributed by atoms with E-state index >= 15 is 0 Å². The van der Waals surface area contributed by atoms with E-state index in [1.807, 2.05) is 13.8 Å². The second-order valence-corrected chi connectivity index (χ2v) is 9.55. The lowest BCUT2D eigenvalue weighted by Gasteiger charge is -2.24. The Hall–Kier alpha value is -2.91. The van der Waals surface area contributed by atoms with Gasteiger partial charge in [-0.3, -0.25) is 14.3 Å². The van der Waals surface area contributed by atoms with Gasteiger partial charge in [0, 0.05) is 31.5 Å². The van der Waals surface area contributed by atoms with Crippen LogP contribution in [0, 0.1) is 13.8 Å². The van der Waals surface area contributed by atoms with E-state index in [4.69, 9.17) is 4.74 Å². The number of anilines is 1. The number of nitrogens with zero attached hydrogens (tertiary/aromatic N) is 1. The highest BCUT2D eigenvalue weighted by Gasteiger charge is 2.34. The molecule has 0 radical (unpaired) electrons. The molecule has 3 rings (SSSR count). The van der Waals surface area contributed by atoms with Gasteiger partial charge in [-0.25, -0.2) is 8.42 Å². The number of ether oxygens (including phenoxy) is 1. The van der Waals surface area contributed by atoms with Crippen molar-refractivity contribution < 1.29 is 22.7 Å². The summed E-state index contributed by atoms with van der Waals surface area (Å²) in [6.45, 7) is 5.08. The van der Waals surface area contributed by atoms with Crippen LogP contribution in [0.1, 0.15) is 34.3 Å². The third kappa shape index (κ3) is 5.46. The molecule has 9 heteroatoms. The molecular formula is C23H29N3O5S. The summed E-state index contributed by atoms with van der Waals surface area (Å²) < 4.78 is 32.8. The van der Waals surface area contributed by atoms with E-state index in [0.717, 1.165) is 17.5 Å². The zero-order chi connectivity index (χ0) is 23.3. The molecule has 0 unspecified atom stereocenters. The maximum absolute atomic E-state index is 13.0. The minimum absolute atomic E-state index is 0.181. The van der Waals surface area contributed by atoms with E-state index in [1.54, 1.807) is 54.5 Å². The molecule has 2 amide bonds. The Morgan fingerprint density at radius 1 is 1.09 bits per heavy atom. The van der Waals surface area contributed by atoms with Gasteiger partial charge in [0.15, 0.2) is 0 Å². The van der Waals surface area contributed by atoms with Gasteiger partial charge in [-0.15, -0.1) is 0 Å². The van der Waals surface area contributed by atoms with Crippen LogP contribution in [0.15, 0.2) is 47.4 Å². The van der Waals surface area contributed by atoms with Gasteiger partial charge in [-0.2, -0.15) is 0 Å². The zero-order valence-corrected chi connectivity index (χ0v) is 19.4. The highest BCUT2D eigenvalue weighted by molar-refractivity contribution is 7.92. The molecule has 1 atom stereocenters. The Kier molecular flexibility index (Phi) is 7.52. The van der Waals surface area contributed by atoms with Gasteiger partial charge in [-0.1, -0.05) is 6.07 Å². The lowest BCUT2D eigenvalue weighted by Crippen LogP contribution is -2.46. The van der Waals surface area contributed by atoms with Gasteiger partial charge in [0.1, 0.15) is 6.04 Å². The van der Waals surface area contributed by atoms with Gasteiger partial charge in [0.2, 0.25) is 5.91 Å². The maximum atomic E-state index is 13.0. The summed E-state index contributed by atoms with van der Waals surface area (Å²) in [5, 5.41) is 2.79. The molecule has 2 N–H and O–H groups in total. The average molecular weight is 460 g/mol. The number of amides is 2. The molecule has 2 aromatic carbocycles. The quantitative estimate of drug-likeness (QED) is 0.590. The molecule has 172 valence electrons. The molecule has 0 aromatic heterocycles. The van der Waals surface area contributed by atoms with Gasteiger partial charge in [-0.05, 0) is 74.2 Å². The Morgan fingerprint density at radius 3 is 2.47 bits per heavy atom. The normalized spacial score (nSPS) is 16.1. The van der Waals surface area contributed by atoms with Crippen molar-refractivity contribution in [3.63, 3.8) is 0 Å². The molecule has 0 bridgehead atoms. The summed E-state index contributed by atoms with van der Waals surface area (Å²) in [5.74, 6) is -0.441. The number of carbonyl (C=O) groups is 2. The Bertz CT molecular complexity index is 1080. The SMILES string of the molecule is COCCNC(=O)[C@H]1CCCN1C(=O)c1ccc(NS(=O)(=O)c2ccc(C)c(C)c2)cc1. The molecule has 0 aliphatic carbocycles. The first-order valence-corrected chi connectivity index (χ1v) is 12.0. The fraction of sp³-hybridized carbons (Fsp3) is 0.391. The zero-order valence-electron chi connectivity index (χ0n) is 18.6. The van der Waals surface area contributed by atoms with Gasteiger partial charge >= 0.3 is 0 Å². The summed E-state index contributed by atoms with van der Waals surface area (Å²) >= 11 is 0. The fourth-order valence-corrected chi connectivity index (χ4v) is 4.76. The van der Waals surface area contributed by atoms with Crippen molar-refractivity contribution in [1.29, 1.82) is 0 Å². The summed E-state index contributed by atoms with van der Waals surface area (Å²) in [6.07, 6.45) is 1.36. The van der Waals surface area contributed by atoms with Crippen LogP contribution in [0.25, 0.3) is 0 Å². The number of sulfonamides is 1. The summed E-state index contributed by atoms with van der Waals surface area (Å²) in [7, 11) is -2.18. The van der Waals surface area contributed by atoms with Crippen LogP contribution >= 0.6 is 0 Å². The first-order chi connectivity index (χ1) is 15.2. The second kappa shape index (κ2) is 10.1. The van der Waals surface area contributed by atoms with Crippen LogP contribution in [-0.2, 0) is 19.6 Å². The molecule has 0 spiro atoms. The molecule has 2 aromatic rings. The lowest BCUT2D eigenvalue weighted by molar-refractivity contribution is -0.125. The van der Waals surface area contributed by atoms with Crippen LogP contribution in [0.4, 0.5) is 5.69 Å². The third-order valence-electron chi connectivity index (χ3n) is 5.59. The number of nitrogens with one attached hydrogen (secondary N) is 2. The van der Waals surface area contributed by atoms with Crippen LogP contribution in [0.5, 0.6) is 0 Å². The largest absolute Gasteiger partial charge is 0.383 e. The first kappa shape index (κ1) is 23.7. The van der Waals surface area contributed by atoms with Crippen molar-refractivity contribution in [3.05, 3.63) is 59.2 Å². The predicted molar refractivity (Wildman–Crippen MR) is 122 cm³/mol. The van der Waals surface area contributed by atoms with E-state index in [0.29, 0.717) is 37.4 Å². The first-order valence-electron chi connectivity index (χ1n) is 10.5. The monoisotopic (exact) mass is 459 g/mol. The van der Waals surface area contributed by atoms with Crippen molar-refractivity contribution in [2.24, 2.45) is 0 Å². The summed E-state index contributed by atoms with van der Waals surface area (Å²) in [6, 6.07) is 10.7. The fourth-order valence-electron chi connectivity index (χ4n) is 3.62. The highest BCUT2D eigenvalue weighted by Crippen LogP contribution is 2.23. The summed E-state index contributed by atoms with van der Waals surface area (Å²) in [4.78, 5) is 27.1. The Morgan fingerprint density at radius 2 is 1.81 bits per heavy atom. The minimum atomic E-state index is -3.74. The van der Waals surface area contributed by atoms with Crippen LogP contribution in [-0.4, -0.2) is 58.0 Å². The number of benzene rings is 2. The topological polar surface area (TPSA) is 105 Å². The number of likely N-dealkylation sites (tertiary alicyclic amines) is 1. The molecule has 1 aliphatic heterocycles. The summed E-state index contributed by atoms with van der Waals surface area (Å²) in [5.41, 5.74) is 2.66. The Labute approximate surface area is 189 Å². The van der Waals surface area contributed by atoms with Crippen molar-refractivity contribution in [2.45, 2.75) is 37.6 Å². The number of rotatable bonds is 8. The van der Waals surface area contributed by atoms with Crippen molar-refractivity contribution in [1.82, 2.24) is 10.2 Å². The van der Waals surface area contributed by atoms with Crippen molar-refractivity contribution >= 4 is 27.5 Å². The van der Waals surface area contributed by atoms with Crippen molar-refractivity contribution in [2.75, 3.05) is 31.5 Å². The van der Waals surface area contributed by atoms with E-state index in [1.165, 1.54) is 0 Å². The van der Waals surface area contributed by atoms with Gasteiger partial charge in [0.05, 0.1) is 11.5 Å². The van der Waals surface area contributed by atoms with Gasteiger partial charge in [0.25, 0.3) is 15.9 Å². The number of methoxy groups -OCH3 is 1.